The third-order valence-corrected chi connectivity index (χ3v) is 3.95. The van der Waals surface area contributed by atoms with E-state index in [-0.39, 0.29) is 11.4 Å². The summed E-state index contributed by atoms with van der Waals surface area (Å²) in [5.74, 6) is 0. The van der Waals surface area contributed by atoms with Crippen molar-refractivity contribution in [3.05, 3.63) is 68.8 Å². The maximum Gasteiger partial charge on any atom is 0.271 e. The van der Waals surface area contributed by atoms with Crippen LogP contribution in [0.5, 0.6) is 0 Å². The third kappa shape index (κ3) is 4.53. The van der Waals surface area contributed by atoms with Crippen molar-refractivity contribution in [1.29, 1.82) is 0 Å². The summed E-state index contributed by atoms with van der Waals surface area (Å²) in [7, 11) is 2.40. The molecule has 0 heterocycles. The van der Waals surface area contributed by atoms with Gasteiger partial charge in [0.1, 0.15) is 0 Å². The Bertz CT molecular complexity index is 639. The van der Waals surface area contributed by atoms with Crippen molar-refractivity contribution >= 4 is 44.7 Å². The van der Waals surface area contributed by atoms with Gasteiger partial charge in [-0.1, -0.05) is 12.1 Å². The number of hydrogen-bond donors (Lipinski definition) is 2. The number of benzene rings is 2. The smallest absolute Gasteiger partial charge is 0.271 e. The van der Waals surface area contributed by atoms with Crippen LogP contribution < -0.4 is 9.44 Å². The molecule has 2 N–H and O–H groups in total. The van der Waals surface area contributed by atoms with Gasteiger partial charge in [-0.25, -0.2) is 0 Å². The summed E-state index contributed by atoms with van der Waals surface area (Å²) >= 11 is 0. The van der Waals surface area contributed by atoms with Crippen molar-refractivity contribution < 1.29 is 9.85 Å². The molecule has 0 atom stereocenters. The molecule has 0 saturated heterocycles. The van der Waals surface area contributed by atoms with E-state index in [1.54, 1.807) is 24.3 Å². The summed E-state index contributed by atoms with van der Waals surface area (Å²) in [5, 5.41) is 21.3. The van der Waals surface area contributed by atoms with E-state index in [1.807, 2.05) is 0 Å². The lowest BCUT2D eigenvalue weighted by Gasteiger charge is -2.06. The number of nitrogens with one attached hydrogen (secondary N) is 2. The van der Waals surface area contributed by atoms with Crippen LogP contribution in [-0.2, 0) is 0 Å². The van der Waals surface area contributed by atoms with Gasteiger partial charge >= 0.3 is 0 Å². The van der Waals surface area contributed by atoms with Crippen molar-refractivity contribution in [2.24, 2.45) is 0 Å². The molecule has 114 valence electrons. The molecule has 0 aliphatic carbocycles. The Morgan fingerprint density at radius 1 is 0.773 bits per heavy atom. The Morgan fingerprint density at radius 2 is 1.18 bits per heavy atom. The predicted octanol–water partition coefficient (Wildman–Crippen LogP) is 4.24. The number of anilines is 2. The minimum atomic E-state index is -0.468. The van der Waals surface area contributed by atoms with Crippen LogP contribution >= 0.6 is 22.0 Å². The van der Waals surface area contributed by atoms with Gasteiger partial charge in [0.2, 0.25) is 0 Å². The number of hydrogen-bond acceptors (Lipinski definition) is 8. The monoisotopic (exact) mass is 338 g/mol. The molecule has 0 aliphatic heterocycles. The summed E-state index contributed by atoms with van der Waals surface area (Å²) in [6.07, 6.45) is 0. The fraction of sp³-hybridized carbons (Fsp3) is 0. The van der Waals surface area contributed by atoms with Crippen LogP contribution in [0.1, 0.15) is 0 Å². The molecule has 2 rings (SSSR count). The van der Waals surface area contributed by atoms with Crippen molar-refractivity contribution in [3.8, 4) is 0 Å². The van der Waals surface area contributed by atoms with Gasteiger partial charge in [0.05, 0.1) is 21.2 Å². The normalized spacial score (nSPS) is 10.0. The van der Waals surface area contributed by atoms with Gasteiger partial charge in [-0.15, -0.1) is 0 Å². The highest BCUT2D eigenvalue weighted by molar-refractivity contribution is 8.77. The van der Waals surface area contributed by atoms with Crippen molar-refractivity contribution in [2.45, 2.75) is 0 Å². The molecule has 0 fully saturated rings. The Kier molecular flexibility index (Phi) is 5.44. The molecule has 0 spiro atoms. The number of nitro groups is 2. The fourth-order valence-electron chi connectivity index (χ4n) is 1.50. The van der Waals surface area contributed by atoms with E-state index in [2.05, 4.69) is 9.44 Å². The second-order valence-corrected chi connectivity index (χ2v) is 5.73. The van der Waals surface area contributed by atoms with Crippen LogP contribution in [-0.4, -0.2) is 9.85 Å². The molecular formula is C12H10N4O4S2. The first-order chi connectivity index (χ1) is 10.6. The molecule has 0 amide bonds. The molecule has 0 bridgehead atoms. The highest BCUT2D eigenvalue weighted by atomic mass is 33.1. The molecule has 0 aromatic heterocycles. The minimum Gasteiger partial charge on any atom is -0.319 e. The van der Waals surface area contributed by atoms with Gasteiger partial charge in [0.15, 0.2) is 0 Å². The van der Waals surface area contributed by atoms with Crippen molar-refractivity contribution in [3.63, 3.8) is 0 Å². The summed E-state index contributed by atoms with van der Waals surface area (Å²) in [6, 6.07) is 12.2. The van der Waals surface area contributed by atoms with E-state index in [1.165, 1.54) is 46.2 Å². The quantitative estimate of drug-likeness (QED) is 0.253. The highest BCUT2D eigenvalue weighted by Crippen LogP contribution is 2.28. The first-order valence-electron chi connectivity index (χ1n) is 5.90. The van der Waals surface area contributed by atoms with E-state index >= 15 is 0 Å². The second-order valence-electron chi connectivity index (χ2n) is 3.99. The molecule has 0 saturated carbocycles. The third-order valence-electron chi connectivity index (χ3n) is 2.47. The summed E-state index contributed by atoms with van der Waals surface area (Å²) in [5.41, 5.74) is 1.18. The van der Waals surface area contributed by atoms with Gasteiger partial charge in [-0.2, -0.15) is 0 Å². The lowest BCUT2D eigenvalue weighted by Crippen LogP contribution is -1.92. The van der Waals surface area contributed by atoms with Crippen molar-refractivity contribution in [1.82, 2.24) is 0 Å². The Hall–Kier alpha value is -2.46. The molecule has 2 aromatic carbocycles. The molecule has 8 nitrogen and oxygen atoms in total. The van der Waals surface area contributed by atoms with E-state index < -0.39 is 9.85 Å². The molecule has 10 heteroatoms. The highest BCUT2D eigenvalue weighted by Gasteiger charge is 2.07. The maximum absolute atomic E-state index is 10.7. The molecule has 22 heavy (non-hydrogen) atoms. The molecule has 0 unspecified atom stereocenters. The summed E-state index contributed by atoms with van der Waals surface area (Å²) in [6.45, 7) is 0. The maximum atomic E-state index is 10.7. The van der Waals surface area contributed by atoms with E-state index in [9.17, 15) is 20.2 Å². The van der Waals surface area contributed by atoms with Gasteiger partial charge in [0.25, 0.3) is 11.4 Å². The summed E-state index contributed by atoms with van der Waals surface area (Å²) < 4.78 is 5.85. The van der Waals surface area contributed by atoms with Crippen LogP contribution in [0.2, 0.25) is 0 Å². The van der Waals surface area contributed by atoms with Crippen LogP contribution in [0.4, 0.5) is 22.7 Å². The van der Waals surface area contributed by atoms with Crippen LogP contribution in [0, 0.1) is 20.2 Å². The zero-order chi connectivity index (χ0) is 15.9. The van der Waals surface area contributed by atoms with E-state index in [0.717, 1.165) is 0 Å². The topological polar surface area (TPSA) is 110 Å². The molecular weight excluding hydrogens is 328 g/mol. The average molecular weight is 338 g/mol. The van der Waals surface area contributed by atoms with Crippen LogP contribution in [0.25, 0.3) is 0 Å². The molecule has 2 aromatic rings. The molecule has 0 radical (unpaired) electrons. The van der Waals surface area contributed by atoms with Crippen LogP contribution in [0.3, 0.4) is 0 Å². The number of non-ortho nitro benzene ring substituents is 2. The van der Waals surface area contributed by atoms with Gasteiger partial charge < -0.3 is 9.44 Å². The Morgan fingerprint density at radius 3 is 1.55 bits per heavy atom. The Balaban J connectivity index is 1.84. The zero-order valence-electron chi connectivity index (χ0n) is 11.0. The number of rotatable bonds is 7. The van der Waals surface area contributed by atoms with E-state index in [0.29, 0.717) is 11.4 Å². The standard InChI is InChI=1S/C12H10N4O4S2/c17-15(18)11-5-1-3-9(7-11)13-21-22-14-10-4-2-6-12(8-10)16(19)20/h1-8,13-14H. The zero-order valence-corrected chi connectivity index (χ0v) is 12.6. The largest absolute Gasteiger partial charge is 0.319 e. The van der Waals surface area contributed by atoms with Crippen LogP contribution in [0.15, 0.2) is 48.5 Å². The first kappa shape index (κ1) is 15.9. The predicted molar refractivity (Wildman–Crippen MR) is 88.6 cm³/mol. The van der Waals surface area contributed by atoms with Gasteiger partial charge in [-0.3, -0.25) is 20.2 Å². The number of nitro benzene ring substituents is 2. The minimum absolute atomic E-state index is 0.00208. The van der Waals surface area contributed by atoms with Crippen molar-refractivity contribution in [2.75, 3.05) is 9.44 Å². The first-order valence-corrected chi connectivity index (χ1v) is 8.04. The number of nitrogens with zero attached hydrogens (tertiary/aromatic N) is 2. The summed E-state index contributed by atoms with van der Waals surface area (Å²) in [4.78, 5) is 20.4. The molecule has 0 aliphatic rings. The Labute approximate surface area is 133 Å². The average Bonchev–Trinajstić information content (AvgIpc) is 2.52. The fourth-order valence-corrected chi connectivity index (χ4v) is 2.86. The van der Waals surface area contributed by atoms with Gasteiger partial charge in [0, 0.05) is 46.2 Å². The van der Waals surface area contributed by atoms with E-state index in [4.69, 9.17) is 0 Å². The van der Waals surface area contributed by atoms with Gasteiger partial charge in [-0.05, 0) is 12.1 Å². The SMILES string of the molecule is O=[N+]([O-])c1cccc(NSSNc2cccc([N+](=O)[O-])c2)c1. The lowest BCUT2D eigenvalue weighted by atomic mass is 10.3. The second kappa shape index (κ2) is 7.52. The lowest BCUT2D eigenvalue weighted by molar-refractivity contribution is -0.385.